The molecule has 3 rings (SSSR count). The predicted molar refractivity (Wildman–Crippen MR) is 104 cm³/mol. The van der Waals surface area contributed by atoms with Crippen LogP contribution in [0.5, 0.6) is 5.75 Å². The highest BCUT2D eigenvalue weighted by Gasteiger charge is 2.37. The van der Waals surface area contributed by atoms with Crippen LogP contribution in [-0.2, 0) is 11.2 Å². The molecule has 1 aliphatic heterocycles. The molecule has 26 heavy (non-hydrogen) atoms. The minimum absolute atomic E-state index is 0.0117. The van der Waals surface area contributed by atoms with Gasteiger partial charge in [0, 0.05) is 6.54 Å². The van der Waals surface area contributed by atoms with E-state index in [-0.39, 0.29) is 11.2 Å². The third-order valence-corrected chi connectivity index (χ3v) is 4.95. The Morgan fingerprint density at radius 2 is 2.15 bits per heavy atom. The van der Waals surface area contributed by atoms with Gasteiger partial charge in [-0.1, -0.05) is 30.0 Å². The van der Waals surface area contributed by atoms with Gasteiger partial charge in [-0.05, 0) is 36.2 Å². The van der Waals surface area contributed by atoms with Gasteiger partial charge in [-0.3, -0.25) is 9.69 Å². The van der Waals surface area contributed by atoms with Crippen LogP contribution < -0.4 is 4.74 Å². The first-order chi connectivity index (χ1) is 12.7. The van der Waals surface area contributed by atoms with E-state index in [1.807, 2.05) is 24.3 Å². The number of thioether (sulfide) groups is 1. The average molecular weight is 369 g/mol. The van der Waals surface area contributed by atoms with Crippen molar-refractivity contribution in [2.75, 3.05) is 13.7 Å². The summed E-state index contributed by atoms with van der Waals surface area (Å²) >= 11 is 1.41. The summed E-state index contributed by atoms with van der Waals surface area (Å²) in [4.78, 5) is 14.3. The second-order valence-electron chi connectivity index (χ2n) is 5.54. The van der Waals surface area contributed by atoms with Crippen LogP contribution in [0.2, 0.25) is 0 Å². The number of amides is 1. The normalized spacial score (nSPS) is 18.8. The monoisotopic (exact) mass is 369 g/mol. The minimum atomic E-state index is -0.235. The second-order valence-corrected chi connectivity index (χ2v) is 6.71. The lowest BCUT2D eigenvalue weighted by molar-refractivity contribution is -0.125. The fourth-order valence-corrected chi connectivity index (χ4v) is 3.63. The molecule has 0 saturated carbocycles. The van der Waals surface area contributed by atoms with E-state index in [1.54, 1.807) is 36.5 Å². The Morgan fingerprint density at radius 1 is 1.35 bits per heavy atom. The predicted octanol–water partition coefficient (Wildman–Crippen LogP) is 3.35. The molecule has 1 aromatic carbocycles. The molecular formula is C19H19N3O3S. The molecule has 1 aliphatic rings. The molecule has 7 heteroatoms. The summed E-state index contributed by atoms with van der Waals surface area (Å²) in [6, 6.07) is 11.3. The van der Waals surface area contributed by atoms with E-state index in [0.29, 0.717) is 23.9 Å². The number of hydrogen-bond donors (Lipinski definition) is 0. The number of hydrogen-bond acceptors (Lipinski definition) is 6. The van der Waals surface area contributed by atoms with Gasteiger partial charge in [0.25, 0.3) is 0 Å². The maximum atomic E-state index is 12.7. The van der Waals surface area contributed by atoms with E-state index in [2.05, 4.69) is 16.8 Å². The lowest BCUT2D eigenvalue weighted by Crippen LogP contribution is -2.32. The van der Waals surface area contributed by atoms with Crippen molar-refractivity contribution >= 4 is 29.1 Å². The summed E-state index contributed by atoms with van der Waals surface area (Å²) in [7, 11) is 1.63. The molecule has 1 saturated heterocycles. The number of ether oxygens (including phenoxy) is 1. The standard InChI is InChI=1S/C19H19N3O3S/c1-3-10-22-18(23)17(12-14-6-8-15(24-2)9-7-14)26-19(22)21-20-13-16-5-4-11-25-16/h3-9,11,13,17H,1,10,12H2,2H3/t17-/m1/s1. The highest BCUT2D eigenvalue weighted by Crippen LogP contribution is 2.30. The Balaban J connectivity index is 1.73. The van der Waals surface area contributed by atoms with Gasteiger partial charge in [0.15, 0.2) is 5.17 Å². The maximum Gasteiger partial charge on any atom is 0.242 e. The molecule has 2 aromatic rings. The first-order valence-electron chi connectivity index (χ1n) is 8.07. The van der Waals surface area contributed by atoms with Crippen molar-refractivity contribution in [3.63, 3.8) is 0 Å². The number of carbonyl (C=O) groups is 1. The van der Waals surface area contributed by atoms with Crippen molar-refractivity contribution in [2.24, 2.45) is 10.2 Å². The molecule has 0 radical (unpaired) electrons. The van der Waals surface area contributed by atoms with E-state index >= 15 is 0 Å². The van der Waals surface area contributed by atoms with Crippen LogP contribution in [-0.4, -0.2) is 41.1 Å². The molecule has 1 atom stereocenters. The van der Waals surface area contributed by atoms with Crippen LogP contribution in [0.3, 0.4) is 0 Å². The first kappa shape index (κ1) is 18.0. The van der Waals surface area contributed by atoms with Gasteiger partial charge in [0.2, 0.25) is 5.91 Å². The summed E-state index contributed by atoms with van der Waals surface area (Å²) in [5.41, 5.74) is 1.07. The summed E-state index contributed by atoms with van der Waals surface area (Å²) < 4.78 is 10.3. The molecular weight excluding hydrogens is 350 g/mol. The van der Waals surface area contributed by atoms with Crippen molar-refractivity contribution in [1.82, 2.24) is 4.90 Å². The van der Waals surface area contributed by atoms with E-state index in [9.17, 15) is 4.79 Å². The fraction of sp³-hybridized carbons (Fsp3) is 0.211. The molecule has 0 N–H and O–H groups in total. The molecule has 0 aliphatic carbocycles. The highest BCUT2D eigenvalue weighted by atomic mass is 32.2. The van der Waals surface area contributed by atoms with Gasteiger partial charge in [0.05, 0.1) is 24.8 Å². The second kappa shape index (κ2) is 8.53. The minimum Gasteiger partial charge on any atom is -0.497 e. The van der Waals surface area contributed by atoms with Crippen LogP contribution in [0.25, 0.3) is 0 Å². The van der Waals surface area contributed by atoms with Crippen LogP contribution in [0.1, 0.15) is 11.3 Å². The number of methoxy groups -OCH3 is 1. The molecule has 1 fully saturated rings. The highest BCUT2D eigenvalue weighted by molar-refractivity contribution is 8.15. The van der Waals surface area contributed by atoms with Crippen LogP contribution in [0, 0.1) is 0 Å². The number of benzene rings is 1. The lowest BCUT2D eigenvalue weighted by Gasteiger charge is -2.12. The quantitative estimate of drug-likeness (QED) is 0.426. The zero-order valence-corrected chi connectivity index (χ0v) is 15.2. The van der Waals surface area contributed by atoms with Gasteiger partial charge in [-0.2, -0.15) is 5.10 Å². The van der Waals surface area contributed by atoms with Gasteiger partial charge in [-0.25, -0.2) is 0 Å². The first-order valence-corrected chi connectivity index (χ1v) is 8.95. The number of carbonyl (C=O) groups excluding carboxylic acids is 1. The van der Waals surface area contributed by atoms with Crippen molar-refractivity contribution in [3.05, 3.63) is 66.6 Å². The van der Waals surface area contributed by atoms with Crippen LogP contribution in [0.15, 0.2) is 69.9 Å². The van der Waals surface area contributed by atoms with Crippen molar-refractivity contribution in [3.8, 4) is 5.75 Å². The van der Waals surface area contributed by atoms with Crippen LogP contribution >= 0.6 is 11.8 Å². The third kappa shape index (κ3) is 4.23. The molecule has 0 bridgehead atoms. The molecule has 2 heterocycles. The Hall–Kier alpha value is -2.80. The largest absolute Gasteiger partial charge is 0.497 e. The maximum absolute atomic E-state index is 12.7. The molecule has 0 unspecified atom stereocenters. The van der Waals surface area contributed by atoms with Gasteiger partial charge in [-0.15, -0.1) is 11.7 Å². The molecule has 0 spiro atoms. The van der Waals surface area contributed by atoms with E-state index in [0.717, 1.165) is 11.3 Å². The number of nitrogens with zero attached hydrogens (tertiary/aromatic N) is 3. The fourth-order valence-electron chi connectivity index (χ4n) is 2.49. The van der Waals surface area contributed by atoms with Gasteiger partial charge in [0.1, 0.15) is 11.5 Å². The number of amidine groups is 1. The summed E-state index contributed by atoms with van der Waals surface area (Å²) in [6.07, 6.45) is 5.38. The smallest absolute Gasteiger partial charge is 0.242 e. The van der Waals surface area contributed by atoms with Gasteiger partial charge >= 0.3 is 0 Å². The Bertz CT molecular complexity index is 813. The summed E-state index contributed by atoms with van der Waals surface area (Å²) in [5, 5.41) is 8.56. The zero-order chi connectivity index (χ0) is 18.4. The molecule has 1 amide bonds. The van der Waals surface area contributed by atoms with Crippen molar-refractivity contribution < 1.29 is 13.9 Å². The van der Waals surface area contributed by atoms with Crippen molar-refractivity contribution in [1.29, 1.82) is 0 Å². The Morgan fingerprint density at radius 3 is 2.81 bits per heavy atom. The molecule has 134 valence electrons. The van der Waals surface area contributed by atoms with E-state index in [1.165, 1.54) is 18.0 Å². The molecule has 6 nitrogen and oxygen atoms in total. The Labute approximate surface area is 156 Å². The number of furan rings is 1. The number of rotatable bonds is 7. The Kier molecular flexibility index (Phi) is 5.91. The third-order valence-electron chi connectivity index (χ3n) is 3.78. The molecule has 1 aromatic heterocycles. The average Bonchev–Trinajstić information content (AvgIpc) is 3.27. The van der Waals surface area contributed by atoms with Crippen molar-refractivity contribution in [2.45, 2.75) is 11.7 Å². The topological polar surface area (TPSA) is 67.4 Å². The SMILES string of the molecule is C=CCN1C(=O)[C@@H](Cc2ccc(OC)cc2)SC1=NN=Cc1ccco1. The summed E-state index contributed by atoms with van der Waals surface area (Å²) in [5.74, 6) is 1.41. The lowest BCUT2D eigenvalue weighted by atomic mass is 10.1. The van der Waals surface area contributed by atoms with Crippen LogP contribution in [0.4, 0.5) is 0 Å². The van der Waals surface area contributed by atoms with E-state index < -0.39 is 0 Å². The summed E-state index contributed by atoms with van der Waals surface area (Å²) in [6.45, 7) is 4.12. The zero-order valence-electron chi connectivity index (χ0n) is 14.4. The van der Waals surface area contributed by atoms with E-state index in [4.69, 9.17) is 9.15 Å². The van der Waals surface area contributed by atoms with Gasteiger partial charge < -0.3 is 9.15 Å².